The molecule has 0 unspecified atom stereocenters. The van der Waals surface area contributed by atoms with Crippen LogP contribution in [0.2, 0.25) is 0 Å². The number of aliphatic hydroxyl groups is 1. The second-order valence-corrected chi connectivity index (χ2v) is 6.88. The Labute approximate surface area is 147 Å². The molecule has 1 aliphatic rings. The van der Waals surface area contributed by atoms with Gasteiger partial charge in [-0.05, 0) is 36.1 Å². The maximum absolute atomic E-state index is 13.0. The van der Waals surface area contributed by atoms with E-state index < -0.39 is 12.0 Å². The summed E-state index contributed by atoms with van der Waals surface area (Å²) in [5.74, 6) is -0.825. The number of rotatable bonds is 5. The Morgan fingerprint density at radius 3 is 2.32 bits per heavy atom. The Bertz CT molecular complexity index is 694. The van der Waals surface area contributed by atoms with E-state index in [2.05, 4.69) is 17.4 Å². The van der Waals surface area contributed by atoms with E-state index in [1.165, 1.54) is 36.2 Å². The second kappa shape index (κ2) is 7.79. The van der Waals surface area contributed by atoms with Crippen molar-refractivity contribution in [2.75, 3.05) is 6.54 Å². The predicted octanol–water partition coefficient (Wildman–Crippen LogP) is 3.88. The fourth-order valence-corrected chi connectivity index (χ4v) is 3.74. The molecule has 2 aromatic carbocycles. The van der Waals surface area contributed by atoms with Gasteiger partial charge in [0.15, 0.2) is 6.10 Å². The average molecular weight is 341 g/mol. The topological polar surface area (TPSA) is 49.3 Å². The molecule has 0 spiro atoms. The highest BCUT2D eigenvalue weighted by atomic mass is 19.1. The molecule has 2 N–H and O–H groups in total. The second-order valence-electron chi connectivity index (χ2n) is 6.88. The lowest BCUT2D eigenvalue weighted by Crippen LogP contribution is -2.43. The van der Waals surface area contributed by atoms with Gasteiger partial charge in [-0.3, -0.25) is 4.79 Å². The normalized spacial score (nSPS) is 17.7. The minimum Gasteiger partial charge on any atom is -0.378 e. The van der Waals surface area contributed by atoms with Gasteiger partial charge in [-0.15, -0.1) is 0 Å². The Hall–Kier alpha value is -2.20. The number of halogens is 1. The molecule has 1 fully saturated rings. The van der Waals surface area contributed by atoms with E-state index in [1.807, 2.05) is 18.2 Å². The minimum absolute atomic E-state index is 0.0717. The first-order valence-corrected chi connectivity index (χ1v) is 8.87. The van der Waals surface area contributed by atoms with E-state index in [0.29, 0.717) is 12.1 Å². The van der Waals surface area contributed by atoms with Crippen LogP contribution >= 0.6 is 0 Å². The monoisotopic (exact) mass is 341 g/mol. The van der Waals surface area contributed by atoms with E-state index in [-0.39, 0.29) is 11.2 Å². The van der Waals surface area contributed by atoms with Crippen LogP contribution in [0.5, 0.6) is 0 Å². The lowest BCUT2D eigenvalue weighted by molar-refractivity contribution is -0.130. The van der Waals surface area contributed by atoms with Crippen molar-refractivity contribution in [3.63, 3.8) is 0 Å². The standard InChI is InChI=1S/C21H24FNO2/c22-18-11-9-16(10-12-18)19(24)20(25)23-15-21(13-5-2-6-14-21)17-7-3-1-4-8-17/h1,3-4,7-12,19,24H,2,5-6,13-15H2,(H,23,25)/t19-/m0/s1. The molecule has 0 saturated heterocycles. The van der Waals surface area contributed by atoms with E-state index >= 15 is 0 Å². The highest BCUT2D eigenvalue weighted by Crippen LogP contribution is 2.39. The molecule has 1 atom stereocenters. The first kappa shape index (κ1) is 17.6. The molecule has 3 rings (SSSR count). The summed E-state index contributed by atoms with van der Waals surface area (Å²) in [5, 5.41) is 13.2. The molecule has 132 valence electrons. The van der Waals surface area contributed by atoms with Gasteiger partial charge in [-0.25, -0.2) is 4.39 Å². The zero-order chi connectivity index (χ0) is 17.7. The van der Waals surface area contributed by atoms with Crippen LogP contribution in [0.15, 0.2) is 54.6 Å². The number of aliphatic hydroxyl groups excluding tert-OH is 1. The van der Waals surface area contributed by atoms with Crippen LogP contribution in [0, 0.1) is 5.82 Å². The van der Waals surface area contributed by atoms with E-state index in [4.69, 9.17) is 0 Å². The summed E-state index contributed by atoms with van der Waals surface area (Å²) < 4.78 is 13.0. The summed E-state index contributed by atoms with van der Waals surface area (Å²) in [6.45, 7) is 0.508. The van der Waals surface area contributed by atoms with Crippen LogP contribution in [0.3, 0.4) is 0 Å². The SMILES string of the molecule is O=C(NCC1(c2ccccc2)CCCCC1)[C@@H](O)c1ccc(F)cc1. The Morgan fingerprint density at radius 2 is 1.68 bits per heavy atom. The smallest absolute Gasteiger partial charge is 0.253 e. The van der Waals surface area contributed by atoms with Gasteiger partial charge in [0.05, 0.1) is 0 Å². The number of carbonyl (C=O) groups is 1. The minimum atomic E-state index is -1.28. The number of hydrogen-bond donors (Lipinski definition) is 2. The largest absolute Gasteiger partial charge is 0.378 e. The van der Waals surface area contributed by atoms with Crippen molar-refractivity contribution in [3.05, 3.63) is 71.5 Å². The third kappa shape index (κ3) is 4.07. The molecule has 0 heterocycles. The maximum atomic E-state index is 13.0. The van der Waals surface area contributed by atoms with E-state index in [0.717, 1.165) is 25.7 Å². The predicted molar refractivity (Wildman–Crippen MR) is 95.6 cm³/mol. The fourth-order valence-electron chi connectivity index (χ4n) is 3.74. The molecule has 1 saturated carbocycles. The van der Waals surface area contributed by atoms with Gasteiger partial charge in [0.1, 0.15) is 5.82 Å². The molecule has 0 aliphatic heterocycles. The van der Waals surface area contributed by atoms with Crippen LogP contribution in [0.4, 0.5) is 4.39 Å². The average Bonchev–Trinajstić information content (AvgIpc) is 2.67. The van der Waals surface area contributed by atoms with Crippen LogP contribution in [0.1, 0.15) is 49.3 Å². The highest BCUT2D eigenvalue weighted by molar-refractivity contribution is 5.82. The Balaban J connectivity index is 1.70. The summed E-state index contributed by atoms with van der Waals surface area (Å²) in [6.07, 6.45) is 4.29. The molecular weight excluding hydrogens is 317 g/mol. The molecule has 4 heteroatoms. The summed E-state index contributed by atoms with van der Waals surface area (Å²) in [5.41, 5.74) is 1.57. The zero-order valence-corrected chi connectivity index (χ0v) is 14.2. The Morgan fingerprint density at radius 1 is 1.04 bits per heavy atom. The highest BCUT2D eigenvalue weighted by Gasteiger charge is 2.34. The number of benzene rings is 2. The number of hydrogen-bond acceptors (Lipinski definition) is 2. The lowest BCUT2D eigenvalue weighted by atomic mass is 9.69. The molecule has 25 heavy (non-hydrogen) atoms. The molecule has 0 aromatic heterocycles. The van der Waals surface area contributed by atoms with Crippen LogP contribution < -0.4 is 5.32 Å². The molecule has 1 amide bonds. The van der Waals surface area contributed by atoms with Gasteiger partial charge < -0.3 is 10.4 Å². The van der Waals surface area contributed by atoms with E-state index in [1.54, 1.807) is 0 Å². The number of nitrogens with one attached hydrogen (secondary N) is 1. The summed E-state index contributed by atoms with van der Waals surface area (Å²) in [4.78, 5) is 12.4. The van der Waals surface area contributed by atoms with Crippen molar-refractivity contribution in [3.8, 4) is 0 Å². The van der Waals surface area contributed by atoms with Crippen molar-refractivity contribution < 1.29 is 14.3 Å². The van der Waals surface area contributed by atoms with Crippen molar-refractivity contribution in [2.24, 2.45) is 0 Å². The van der Waals surface area contributed by atoms with Crippen LogP contribution in [-0.4, -0.2) is 17.6 Å². The molecule has 0 bridgehead atoms. The van der Waals surface area contributed by atoms with Gasteiger partial charge >= 0.3 is 0 Å². The first-order chi connectivity index (χ1) is 12.1. The molecule has 2 aromatic rings. The van der Waals surface area contributed by atoms with Crippen molar-refractivity contribution in [2.45, 2.75) is 43.6 Å². The summed E-state index contributed by atoms with van der Waals surface area (Å²) in [6, 6.07) is 15.7. The molecule has 1 aliphatic carbocycles. The van der Waals surface area contributed by atoms with Gasteiger partial charge in [-0.1, -0.05) is 61.7 Å². The van der Waals surface area contributed by atoms with Gasteiger partial charge in [0.2, 0.25) is 0 Å². The number of amides is 1. The fraction of sp³-hybridized carbons (Fsp3) is 0.381. The molecule has 0 radical (unpaired) electrons. The summed E-state index contributed by atoms with van der Waals surface area (Å²) in [7, 11) is 0. The Kier molecular flexibility index (Phi) is 5.49. The van der Waals surface area contributed by atoms with Crippen molar-refractivity contribution in [1.82, 2.24) is 5.32 Å². The quantitative estimate of drug-likeness (QED) is 0.867. The lowest BCUT2D eigenvalue weighted by Gasteiger charge is -2.38. The third-order valence-electron chi connectivity index (χ3n) is 5.23. The summed E-state index contributed by atoms with van der Waals surface area (Å²) >= 11 is 0. The van der Waals surface area contributed by atoms with Crippen molar-refractivity contribution in [1.29, 1.82) is 0 Å². The number of carbonyl (C=O) groups excluding carboxylic acids is 1. The first-order valence-electron chi connectivity index (χ1n) is 8.87. The van der Waals surface area contributed by atoms with Crippen molar-refractivity contribution >= 4 is 5.91 Å². The molecular formula is C21H24FNO2. The maximum Gasteiger partial charge on any atom is 0.253 e. The third-order valence-corrected chi connectivity index (χ3v) is 5.23. The van der Waals surface area contributed by atoms with Crippen LogP contribution in [-0.2, 0) is 10.2 Å². The molecule has 3 nitrogen and oxygen atoms in total. The van der Waals surface area contributed by atoms with Gasteiger partial charge in [-0.2, -0.15) is 0 Å². The van der Waals surface area contributed by atoms with Crippen LogP contribution in [0.25, 0.3) is 0 Å². The van der Waals surface area contributed by atoms with E-state index in [9.17, 15) is 14.3 Å². The zero-order valence-electron chi connectivity index (χ0n) is 14.2. The van der Waals surface area contributed by atoms with Gasteiger partial charge in [0, 0.05) is 12.0 Å². The van der Waals surface area contributed by atoms with Gasteiger partial charge in [0.25, 0.3) is 5.91 Å².